The third-order valence-corrected chi connectivity index (χ3v) is 7.53. The third-order valence-electron chi connectivity index (χ3n) is 5.85. The molecule has 3 aromatic heterocycles. The second-order valence-corrected chi connectivity index (χ2v) is 15.3. The highest BCUT2D eigenvalue weighted by Gasteiger charge is 2.43. The summed E-state index contributed by atoms with van der Waals surface area (Å²) in [7, 11) is -4.24. The van der Waals surface area contributed by atoms with E-state index in [2.05, 4.69) is 9.97 Å². The average molecular weight is 670 g/mol. The zero-order chi connectivity index (χ0) is 35.1. The number of rotatable bonds is 4. The second kappa shape index (κ2) is 12.4. The Hall–Kier alpha value is -4.92. The first-order valence-electron chi connectivity index (χ1n) is 14.6. The molecule has 252 valence electrons. The highest BCUT2D eigenvalue weighted by Crippen LogP contribution is 2.34. The van der Waals surface area contributed by atoms with Crippen LogP contribution >= 0.6 is 0 Å². The number of aromatic nitrogens is 3. The number of carbonyl (C=O) groups is 3. The van der Waals surface area contributed by atoms with Crippen LogP contribution in [-0.4, -0.2) is 62.4 Å². The van der Waals surface area contributed by atoms with Crippen molar-refractivity contribution in [1.82, 2.24) is 18.9 Å². The molecule has 0 radical (unpaired) electrons. The van der Waals surface area contributed by atoms with Gasteiger partial charge in [-0.2, -0.15) is 5.01 Å². The Kier molecular flexibility index (Phi) is 9.19. The number of anilines is 1. The van der Waals surface area contributed by atoms with Crippen LogP contribution in [0.25, 0.3) is 22.6 Å². The number of hydrogen-bond donors (Lipinski definition) is 0. The lowest BCUT2D eigenvalue weighted by Crippen LogP contribution is -2.57. The number of ether oxygens (including phenoxy) is 3. The van der Waals surface area contributed by atoms with E-state index in [4.69, 9.17) is 18.6 Å². The number of imide groups is 1. The monoisotopic (exact) mass is 669 g/mol. The molecule has 0 saturated carbocycles. The molecule has 3 heterocycles. The number of benzene rings is 1. The average Bonchev–Trinajstić information content (AvgIpc) is 3.55. The second-order valence-electron chi connectivity index (χ2n) is 13.5. The van der Waals surface area contributed by atoms with E-state index in [1.54, 1.807) is 99.6 Å². The van der Waals surface area contributed by atoms with Gasteiger partial charge in [0.25, 0.3) is 10.0 Å². The molecule has 0 aliphatic carbocycles. The molecule has 4 aromatic rings. The number of carbonyl (C=O) groups excluding carboxylic acids is 3. The lowest BCUT2D eigenvalue weighted by atomic mass is 10.2. The van der Waals surface area contributed by atoms with Crippen molar-refractivity contribution in [2.75, 3.05) is 5.01 Å². The Balaban J connectivity index is 2.10. The van der Waals surface area contributed by atoms with E-state index in [0.29, 0.717) is 15.8 Å². The van der Waals surface area contributed by atoms with Gasteiger partial charge in [0, 0.05) is 6.20 Å². The van der Waals surface area contributed by atoms with Crippen molar-refractivity contribution in [3.05, 3.63) is 60.5 Å². The van der Waals surface area contributed by atoms with Gasteiger partial charge in [-0.3, -0.25) is 0 Å². The first-order valence-corrected chi connectivity index (χ1v) is 16.1. The lowest BCUT2D eigenvalue weighted by molar-refractivity contribution is -0.00680. The molecule has 0 fully saturated rings. The summed E-state index contributed by atoms with van der Waals surface area (Å²) in [5.74, 6) is 0.0455. The summed E-state index contributed by atoms with van der Waals surface area (Å²) in [6.07, 6.45) is -2.59. The quantitative estimate of drug-likeness (QED) is 0.161. The first-order chi connectivity index (χ1) is 21.6. The van der Waals surface area contributed by atoms with Crippen LogP contribution in [0.1, 0.15) is 68.1 Å². The van der Waals surface area contributed by atoms with Gasteiger partial charge in [-0.25, -0.2) is 36.7 Å². The third kappa shape index (κ3) is 8.09. The largest absolute Gasteiger partial charge is 0.458 e. The number of furan rings is 1. The Bertz CT molecular complexity index is 1880. The number of amides is 3. The van der Waals surface area contributed by atoms with Crippen LogP contribution in [-0.2, 0) is 24.2 Å². The van der Waals surface area contributed by atoms with Crippen molar-refractivity contribution in [1.29, 1.82) is 0 Å². The summed E-state index contributed by atoms with van der Waals surface area (Å²) in [6.45, 7) is 15.9. The number of aryl methyl sites for hydroxylation is 1. The molecule has 0 atom stereocenters. The van der Waals surface area contributed by atoms with Crippen molar-refractivity contribution in [3.8, 4) is 11.6 Å². The Labute approximate surface area is 273 Å². The zero-order valence-electron chi connectivity index (χ0n) is 28.0. The first kappa shape index (κ1) is 34.9. The normalized spacial score (nSPS) is 12.5. The highest BCUT2D eigenvalue weighted by molar-refractivity contribution is 7.90. The van der Waals surface area contributed by atoms with Crippen LogP contribution < -0.4 is 5.01 Å². The molecule has 0 spiro atoms. The van der Waals surface area contributed by atoms with Crippen molar-refractivity contribution in [3.63, 3.8) is 0 Å². The van der Waals surface area contributed by atoms with Crippen molar-refractivity contribution >= 4 is 45.2 Å². The van der Waals surface area contributed by atoms with E-state index in [9.17, 15) is 22.8 Å². The number of hydrazine groups is 1. The van der Waals surface area contributed by atoms with E-state index < -0.39 is 50.9 Å². The summed E-state index contributed by atoms with van der Waals surface area (Å²) in [5, 5.41) is 0.836. The maximum atomic E-state index is 14.1. The number of fused-ring (bicyclic) bond motifs is 1. The zero-order valence-corrected chi connectivity index (χ0v) is 28.8. The molecule has 3 amide bonds. The molecule has 0 aliphatic rings. The minimum Gasteiger partial charge on any atom is -0.458 e. The van der Waals surface area contributed by atoms with E-state index in [1.807, 2.05) is 0 Å². The molecule has 15 heteroatoms. The standard InChI is InChI=1S/C32H39N5O9S/c1-20-16-17-23(43-20)24-33-25-22(18-19-35(25)47(41,42)21-14-12-11-13-15-21)26(34-24)36(27(38)44-30(2,3)4)37(28(39)45-31(5,6)7)29(40)46-32(8,9)10/h11-19H,1-10H3. The van der Waals surface area contributed by atoms with E-state index in [1.165, 1.54) is 24.4 Å². The number of hydrogen-bond acceptors (Lipinski definition) is 11. The van der Waals surface area contributed by atoms with Crippen LogP contribution in [0.15, 0.2) is 64.0 Å². The lowest BCUT2D eigenvalue weighted by Gasteiger charge is -2.35. The minimum absolute atomic E-state index is 0.0406. The smallest absolute Gasteiger partial charge is 0.440 e. The van der Waals surface area contributed by atoms with Crippen molar-refractivity contribution < 1.29 is 41.4 Å². The fourth-order valence-corrected chi connectivity index (χ4v) is 5.43. The Morgan fingerprint density at radius 1 is 0.745 bits per heavy atom. The van der Waals surface area contributed by atoms with Crippen molar-refractivity contribution in [2.45, 2.75) is 90.9 Å². The summed E-state index contributed by atoms with van der Waals surface area (Å²) >= 11 is 0. The van der Waals surface area contributed by atoms with Crippen LogP contribution in [0, 0.1) is 6.92 Å². The van der Waals surface area contributed by atoms with Gasteiger partial charge < -0.3 is 18.6 Å². The van der Waals surface area contributed by atoms with Crippen LogP contribution in [0.2, 0.25) is 0 Å². The van der Waals surface area contributed by atoms with Gasteiger partial charge in [-0.15, -0.1) is 5.01 Å². The van der Waals surface area contributed by atoms with Crippen LogP contribution in [0.5, 0.6) is 0 Å². The van der Waals surface area contributed by atoms with Gasteiger partial charge in [0.2, 0.25) is 0 Å². The van der Waals surface area contributed by atoms with Gasteiger partial charge in [-0.05, 0) is 99.6 Å². The molecule has 0 bridgehead atoms. The minimum atomic E-state index is -4.24. The van der Waals surface area contributed by atoms with Gasteiger partial charge in [0.1, 0.15) is 22.6 Å². The SMILES string of the molecule is Cc1ccc(-c2nc(N(C(=O)OC(C)(C)C)N(C(=O)OC(C)(C)C)C(=O)OC(C)(C)C)c3ccn(S(=O)(=O)c4ccccc4)c3n2)o1. The Morgan fingerprint density at radius 3 is 1.77 bits per heavy atom. The summed E-state index contributed by atoms with van der Waals surface area (Å²) < 4.78 is 51.1. The maximum Gasteiger partial charge on any atom is 0.440 e. The van der Waals surface area contributed by atoms with Crippen LogP contribution in [0.3, 0.4) is 0 Å². The summed E-state index contributed by atoms with van der Waals surface area (Å²) in [4.78, 5) is 50.7. The molecule has 0 saturated heterocycles. The van der Waals surface area contributed by atoms with Crippen molar-refractivity contribution in [2.24, 2.45) is 0 Å². The van der Waals surface area contributed by atoms with E-state index in [0.717, 1.165) is 3.97 Å². The van der Waals surface area contributed by atoms with Gasteiger partial charge >= 0.3 is 18.3 Å². The highest BCUT2D eigenvalue weighted by atomic mass is 32.2. The van der Waals surface area contributed by atoms with Gasteiger partial charge in [-0.1, -0.05) is 18.2 Å². The maximum absolute atomic E-state index is 14.1. The molecule has 0 N–H and O–H groups in total. The van der Waals surface area contributed by atoms with Gasteiger partial charge in [0.15, 0.2) is 23.0 Å². The fraction of sp³-hybridized carbons (Fsp3) is 0.406. The molecule has 47 heavy (non-hydrogen) atoms. The summed E-state index contributed by atoms with van der Waals surface area (Å²) in [5.41, 5.74) is -3.56. The topological polar surface area (TPSA) is 163 Å². The summed E-state index contributed by atoms with van der Waals surface area (Å²) in [6, 6.07) is 12.2. The molecular formula is C32H39N5O9S. The fourth-order valence-electron chi connectivity index (χ4n) is 4.12. The van der Waals surface area contributed by atoms with Gasteiger partial charge in [0.05, 0.1) is 10.3 Å². The predicted octanol–water partition coefficient (Wildman–Crippen LogP) is 7.07. The van der Waals surface area contributed by atoms with E-state index >= 15 is 0 Å². The van der Waals surface area contributed by atoms with E-state index in [-0.39, 0.29) is 27.5 Å². The Morgan fingerprint density at radius 2 is 1.28 bits per heavy atom. The molecule has 0 unspecified atom stereocenters. The number of nitrogens with zero attached hydrogens (tertiary/aromatic N) is 5. The predicted molar refractivity (Wildman–Crippen MR) is 172 cm³/mol. The van der Waals surface area contributed by atoms with Crippen LogP contribution in [0.4, 0.5) is 20.2 Å². The molecule has 14 nitrogen and oxygen atoms in total. The molecule has 1 aromatic carbocycles. The molecule has 0 aliphatic heterocycles. The molecular weight excluding hydrogens is 630 g/mol. The molecule has 4 rings (SSSR count).